The second-order valence-corrected chi connectivity index (χ2v) is 4.09. The third kappa shape index (κ3) is 1.75. The van der Waals surface area contributed by atoms with Gasteiger partial charge in [-0.2, -0.15) is 0 Å². The first-order valence-corrected chi connectivity index (χ1v) is 5.63. The summed E-state index contributed by atoms with van der Waals surface area (Å²) >= 11 is 11.8. The van der Waals surface area contributed by atoms with Crippen LogP contribution in [-0.2, 0) is 0 Å². The summed E-state index contributed by atoms with van der Waals surface area (Å²) in [6.07, 6.45) is 3.46. The van der Waals surface area contributed by atoms with Gasteiger partial charge in [-0.1, -0.05) is 17.7 Å². The number of pyridine rings is 1. The summed E-state index contributed by atoms with van der Waals surface area (Å²) < 4.78 is 1.86. The molecule has 0 amide bonds. The fourth-order valence-electron chi connectivity index (χ4n) is 1.64. The molecule has 0 saturated carbocycles. The lowest BCUT2D eigenvalue weighted by Crippen LogP contribution is -1.92. The Labute approximate surface area is 107 Å². The Bertz CT molecular complexity index is 693. The van der Waals surface area contributed by atoms with Crippen LogP contribution < -0.4 is 0 Å². The monoisotopic (exact) mass is 264 g/mol. The SMILES string of the molecule is Clc1nccc(-c2nc(Cl)c3ccccn23)n1. The number of halogens is 2. The van der Waals surface area contributed by atoms with Crippen molar-refractivity contribution in [1.29, 1.82) is 0 Å². The fourth-order valence-corrected chi connectivity index (χ4v) is 2.02. The molecule has 17 heavy (non-hydrogen) atoms. The number of aromatic nitrogens is 4. The van der Waals surface area contributed by atoms with Crippen molar-refractivity contribution in [2.24, 2.45) is 0 Å². The van der Waals surface area contributed by atoms with E-state index in [4.69, 9.17) is 23.2 Å². The molecule has 0 bridgehead atoms. The van der Waals surface area contributed by atoms with Gasteiger partial charge in [0.1, 0.15) is 5.69 Å². The van der Waals surface area contributed by atoms with Crippen LogP contribution in [0.15, 0.2) is 36.7 Å². The molecular formula is C11H6Cl2N4. The molecule has 84 valence electrons. The average Bonchev–Trinajstić information content (AvgIpc) is 2.68. The number of imidazole rings is 1. The van der Waals surface area contributed by atoms with Crippen LogP contribution in [0.25, 0.3) is 17.0 Å². The van der Waals surface area contributed by atoms with Gasteiger partial charge in [0.05, 0.1) is 5.52 Å². The van der Waals surface area contributed by atoms with E-state index < -0.39 is 0 Å². The highest BCUT2D eigenvalue weighted by Crippen LogP contribution is 2.24. The molecule has 6 heteroatoms. The molecule has 0 fully saturated rings. The average molecular weight is 265 g/mol. The van der Waals surface area contributed by atoms with Crippen LogP contribution in [0.1, 0.15) is 0 Å². The maximum absolute atomic E-state index is 6.06. The molecular weight excluding hydrogens is 259 g/mol. The van der Waals surface area contributed by atoms with Crippen molar-refractivity contribution in [2.45, 2.75) is 0 Å². The van der Waals surface area contributed by atoms with E-state index in [2.05, 4.69) is 15.0 Å². The highest BCUT2D eigenvalue weighted by Gasteiger charge is 2.11. The first kappa shape index (κ1) is 10.5. The zero-order chi connectivity index (χ0) is 11.8. The maximum Gasteiger partial charge on any atom is 0.222 e. The molecule has 3 heterocycles. The Kier molecular flexibility index (Phi) is 2.46. The van der Waals surface area contributed by atoms with E-state index in [0.29, 0.717) is 16.7 Å². The van der Waals surface area contributed by atoms with Crippen LogP contribution in [0.3, 0.4) is 0 Å². The van der Waals surface area contributed by atoms with Crippen LogP contribution in [-0.4, -0.2) is 19.4 Å². The molecule has 3 rings (SSSR count). The molecule has 0 spiro atoms. The summed E-state index contributed by atoms with van der Waals surface area (Å²) in [6, 6.07) is 7.43. The van der Waals surface area contributed by atoms with E-state index in [1.807, 2.05) is 28.8 Å². The van der Waals surface area contributed by atoms with Gasteiger partial charge in [-0.15, -0.1) is 0 Å². The predicted molar refractivity (Wildman–Crippen MR) is 66.2 cm³/mol. The van der Waals surface area contributed by atoms with Gasteiger partial charge in [-0.05, 0) is 29.8 Å². The van der Waals surface area contributed by atoms with Gasteiger partial charge < -0.3 is 0 Å². The van der Waals surface area contributed by atoms with Gasteiger partial charge in [0, 0.05) is 12.4 Å². The van der Waals surface area contributed by atoms with Crippen molar-refractivity contribution in [3.05, 3.63) is 47.1 Å². The second-order valence-electron chi connectivity index (χ2n) is 3.39. The van der Waals surface area contributed by atoms with E-state index in [1.165, 1.54) is 0 Å². The van der Waals surface area contributed by atoms with Gasteiger partial charge in [0.15, 0.2) is 11.0 Å². The molecule has 3 aromatic rings. The van der Waals surface area contributed by atoms with Gasteiger partial charge in [0.2, 0.25) is 5.28 Å². The summed E-state index contributed by atoms with van der Waals surface area (Å²) in [4.78, 5) is 12.2. The molecule has 0 aromatic carbocycles. The van der Waals surface area contributed by atoms with Gasteiger partial charge >= 0.3 is 0 Å². The largest absolute Gasteiger partial charge is 0.297 e. The third-order valence-corrected chi connectivity index (χ3v) is 2.82. The Morgan fingerprint density at radius 2 is 1.94 bits per heavy atom. The zero-order valence-electron chi connectivity index (χ0n) is 8.51. The zero-order valence-corrected chi connectivity index (χ0v) is 10.0. The summed E-state index contributed by atoms with van der Waals surface area (Å²) in [5.41, 5.74) is 1.47. The summed E-state index contributed by atoms with van der Waals surface area (Å²) in [5.74, 6) is 0.648. The van der Waals surface area contributed by atoms with Crippen molar-refractivity contribution in [1.82, 2.24) is 19.4 Å². The third-order valence-electron chi connectivity index (χ3n) is 2.36. The van der Waals surface area contributed by atoms with Crippen molar-refractivity contribution < 1.29 is 0 Å². The lowest BCUT2D eigenvalue weighted by molar-refractivity contribution is 1.10. The molecule has 0 aliphatic carbocycles. The molecule has 0 N–H and O–H groups in total. The number of fused-ring (bicyclic) bond motifs is 1. The van der Waals surface area contributed by atoms with Crippen molar-refractivity contribution in [3.8, 4) is 11.5 Å². The topological polar surface area (TPSA) is 43.1 Å². The predicted octanol–water partition coefficient (Wildman–Crippen LogP) is 3.10. The Morgan fingerprint density at radius 1 is 1.06 bits per heavy atom. The van der Waals surface area contributed by atoms with Crippen molar-refractivity contribution in [2.75, 3.05) is 0 Å². The molecule has 0 aliphatic heterocycles. The number of hydrogen-bond acceptors (Lipinski definition) is 3. The lowest BCUT2D eigenvalue weighted by atomic mass is 10.4. The minimum Gasteiger partial charge on any atom is -0.297 e. The molecule has 4 nitrogen and oxygen atoms in total. The quantitative estimate of drug-likeness (QED) is 0.635. The minimum absolute atomic E-state index is 0.186. The molecule has 0 unspecified atom stereocenters. The Hall–Kier alpha value is -1.65. The minimum atomic E-state index is 0.186. The van der Waals surface area contributed by atoms with Crippen LogP contribution in [0, 0.1) is 0 Å². The second kappa shape index (κ2) is 3.98. The van der Waals surface area contributed by atoms with Crippen LogP contribution in [0.5, 0.6) is 0 Å². The molecule has 0 radical (unpaired) electrons. The van der Waals surface area contributed by atoms with Crippen LogP contribution in [0.4, 0.5) is 0 Å². The Balaban J connectivity index is 2.31. The highest BCUT2D eigenvalue weighted by molar-refractivity contribution is 6.32. The number of nitrogens with zero attached hydrogens (tertiary/aromatic N) is 4. The van der Waals surface area contributed by atoms with E-state index >= 15 is 0 Å². The standard InChI is InChI=1S/C11H6Cl2N4/c12-9-8-3-1-2-6-17(8)10(16-9)7-4-5-14-11(13)15-7/h1-6H. The van der Waals surface area contributed by atoms with Crippen molar-refractivity contribution in [3.63, 3.8) is 0 Å². The van der Waals surface area contributed by atoms with Gasteiger partial charge in [-0.3, -0.25) is 4.40 Å². The molecule has 0 aliphatic rings. The lowest BCUT2D eigenvalue weighted by Gasteiger charge is -1.99. The van der Waals surface area contributed by atoms with E-state index in [1.54, 1.807) is 12.3 Å². The number of hydrogen-bond donors (Lipinski definition) is 0. The van der Waals surface area contributed by atoms with Crippen LogP contribution >= 0.6 is 23.2 Å². The smallest absolute Gasteiger partial charge is 0.222 e. The summed E-state index contributed by atoms with van der Waals surface area (Å²) in [5, 5.41) is 0.627. The van der Waals surface area contributed by atoms with E-state index in [0.717, 1.165) is 5.52 Å². The number of rotatable bonds is 1. The maximum atomic E-state index is 6.06. The molecule has 0 saturated heterocycles. The van der Waals surface area contributed by atoms with Gasteiger partial charge in [0.25, 0.3) is 0 Å². The van der Waals surface area contributed by atoms with E-state index in [-0.39, 0.29) is 5.28 Å². The fraction of sp³-hybridized carbons (Fsp3) is 0. The summed E-state index contributed by atoms with van der Waals surface area (Å²) in [7, 11) is 0. The Morgan fingerprint density at radius 3 is 2.76 bits per heavy atom. The molecule has 3 aromatic heterocycles. The van der Waals surface area contributed by atoms with Gasteiger partial charge in [-0.25, -0.2) is 15.0 Å². The normalized spacial score (nSPS) is 10.9. The molecule has 0 atom stereocenters. The highest BCUT2D eigenvalue weighted by atomic mass is 35.5. The summed E-state index contributed by atoms with van der Waals surface area (Å²) in [6.45, 7) is 0. The first-order valence-electron chi connectivity index (χ1n) is 4.87. The van der Waals surface area contributed by atoms with E-state index in [9.17, 15) is 0 Å². The first-order chi connectivity index (χ1) is 8.25. The van der Waals surface area contributed by atoms with Crippen molar-refractivity contribution >= 4 is 28.7 Å². The van der Waals surface area contributed by atoms with Crippen LogP contribution in [0.2, 0.25) is 10.4 Å².